The predicted molar refractivity (Wildman–Crippen MR) is 85.6 cm³/mol. The van der Waals surface area contributed by atoms with E-state index in [1.54, 1.807) is 0 Å². The molecular formula is C19H21F5. The summed E-state index contributed by atoms with van der Waals surface area (Å²) in [5.41, 5.74) is -0.105. The molecule has 0 aromatic heterocycles. The molecule has 1 aliphatic carbocycles. The summed E-state index contributed by atoms with van der Waals surface area (Å²) >= 11 is 0. The Morgan fingerprint density at radius 1 is 1.04 bits per heavy atom. The van der Waals surface area contributed by atoms with Crippen LogP contribution in [-0.2, 0) is 0 Å². The first-order chi connectivity index (χ1) is 11.3. The molecule has 24 heavy (non-hydrogen) atoms. The van der Waals surface area contributed by atoms with Crippen molar-refractivity contribution in [1.29, 1.82) is 0 Å². The van der Waals surface area contributed by atoms with Crippen LogP contribution in [0.4, 0.5) is 22.0 Å². The van der Waals surface area contributed by atoms with Crippen molar-refractivity contribution in [2.75, 3.05) is 0 Å². The largest absolute Gasteiger partial charge is 0.409 e. The van der Waals surface area contributed by atoms with E-state index in [0.717, 1.165) is 38.5 Å². The zero-order valence-corrected chi connectivity index (χ0v) is 13.4. The van der Waals surface area contributed by atoms with Crippen LogP contribution >= 0.6 is 0 Å². The van der Waals surface area contributed by atoms with Crippen molar-refractivity contribution in [3.8, 4) is 0 Å². The van der Waals surface area contributed by atoms with E-state index in [1.807, 2.05) is 6.08 Å². The number of alkyl halides is 3. The van der Waals surface area contributed by atoms with E-state index >= 15 is 0 Å². The molecule has 0 bridgehead atoms. The van der Waals surface area contributed by atoms with E-state index in [1.165, 1.54) is 12.1 Å². The van der Waals surface area contributed by atoms with Crippen LogP contribution in [0.5, 0.6) is 0 Å². The Morgan fingerprint density at radius 2 is 1.62 bits per heavy atom. The lowest BCUT2D eigenvalue weighted by atomic mass is 9.77. The highest BCUT2D eigenvalue weighted by Crippen LogP contribution is 2.38. The summed E-state index contributed by atoms with van der Waals surface area (Å²) in [6.45, 7) is 3.71. The molecule has 1 aliphatic rings. The lowest BCUT2D eigenvalue weighted by Crippen LogP contribution is -2.14. The van der Waals surface area contributed by atoms with Crippen LogP contribution in [0, 0.1) is 17.6 Å². The molecule has 0 amide bonds. The maximum Gasteiger partial charge on any atom is 0.409 e. The average molecular weight is 344 g/mol. The first-order valence-corrected chi connectivity index (χ1v) is 8.16. The fraction of sp³-hybridized carbons (Fsp3) is 0.474. The van der Waals surface area contributed by atoms with Gasteiger partial charge in [0, 0.05) is 11.6 Å². The second kappa shape index (κ2) is 7.95. The van der Waals surface area contributed by atoms with E-state index in [-0.39, 0.29) is 12.0 Å². The molecule has 2 rings (SSSR count). The van der Waals surface area contributed by atoms with Crippen LogP contribution in [0.1, 0.15) is 55.6 Å². The molecule has 5 heteroatoms. The van der Waals surface area contributed by atoms with Gasteiger partial charge >= 0.3 is 6.18 Å². The Morgan fingerprint density at radius 3 is 2.12 bits per heavy atom. The van der Waals surface area contributed by atoms with Crippen LogP contribution in [0.3, 0.4) is 0 Å². The third-order valence-electron chi connectivity index (χ3n) is 4.64. The van der Waals surface area contributed by atoms with Gasteiger partial charge in [0.2, 0.25) is 0 Å². The SMILES string of the molecule is C=CCCC1CCC(c2cc(F)c(C=CC(F)(F)F)c(F)c2)CC1. The third kappa shape index (κ3) is 5.18. The summed E-state index contributed by atoms with van der Waals surface area (Å²) in [6, 6.07) is 2.35. The molecule has 0 saturated heterocycles. The second-order valence-corrected chi connectivity index (χ2v) is 6.36. The molecule has 0 nitrogen and oxygen atoms in total. The Labute approximate surface area is 139 Å². The molecule has 1 fully saturated rings. The number of allylic oxidation sites excluding steroid dienone is 2. The molecule has 0 aliphatic heterocycles. The van der Waals surface area contributed by atoms with Gasteiger partial charge in [-0.1, -0.05) is 6.08 Å². The summed E-state index contributed by atoms with van der Waals surface area (Å²) in [6.07, 6.45) is 3.33. The Balaban J connectivity index is 2.08. The first-order valence-electron chi connectivity index (χ1n) is 8.16. The number of rotatable bonds is 5. The molecule has 0 spiro atoms. The van der Waals surface area contributed by atoms with Crippen molar-refractivity contribution in [1.82, 2.24) is 0 Å². The van der Waals surface area contributed by atoms with Gasteiger partial charge in [-0.25, -0.2) is 8.78 Å². The van der Waals surface area contributed by atoms with Crippen LogP contribution in [0.2, 0.25) is 0 Å². The Hall–Kier alpha value is -1.65. The molecule has 0 heterocycles. The maximum absolute atomic E-state index is 14.0. The summed E-state index contributed by atoms with van der Waals surface area (Å²) < 4.78 is 64.5. The molecule has 0 atom stereocenters. The van der Waals surface area contributed by atoms with E-state index in [0.29, 0.717) is 17.6 Å². The molecule has 0 radical (unpaired) electrons. The second-order valence-electron chi connectivity index (χ2n) is 6.36. The van der Waals surface area contributed by atoms with Gasteiger partial charge in [-0.3, -0.25) is 0 Å². The van der Waals surface area contributed by atoms with Crippen LogP contribution in [0.25, 0.3) is 6.08 Å². The average Bonchev–Trinajstić information content (AvgIpc) is 2.51. The van der Waals surface area contributed by atoms with Crippen molar-refractivity contribution >= 4 is 6.08 Å². The smallest absolute Gasteiger partial charge is 0.206 e. The van der Waals surface area contributed by atoms with Crippen molar-refractivity contribution in [2.24, 2.45) is 5.92 Å². The highest BCUT2D eigenvalue weighted by Gasteiger charge is 2.25. The number of halogens is 5. The monoisotopic (exact) mass is 344 g/mol. The first kappa shape index (κ1) is 18.7. The highest BCUT2D eigenvalue weighted by atomic mass is 19.4. The maximum atomic E-state index is 14.0. The van der Waals surface area contributed by atoms with Gasteiger partial charge in [-0.15, -0.1) is 6.58 Å². The summed E-state index contributed by atoms with van der Waals surface area (Å²) in [4.78, 5) is 0. The van der Waals surface area contributed by atoms with E-state index < -0.39 is 23.4 Å². The molecule has 0 unspecified atom stereocenters. The minimum absolute atomic E-state index is 0.0645. The number of benzene rings is 1. The summed E-state index contributed by atoms with van der Waals surface area (Å²) in [5.74, 6) is -1.21. The predicted octanol–water partition coefficient (Wildman–Crippen LogP) is 6.78. The molecule has 1 saturated carbocycles. The Bertz CT molecular complexity index is 569. The topological polar surface area (TPSA) is 0 Å². The standard InChI is InChI=1S/C19H21F5/c1-2-3-4-13-5-7-14(8-6-13)15-11-17(20)16(18(21)12-15)9-10-19(22,23)24/h2,9-14H,1,3-8H2. The molecular weight excluding hydrogens is 323 g/mol. The lowest BCUT2D eigenvalue weighted by molar-refractivity contribution is -0.0790. The molecule has 132 valence electrons. The lowest BCUT2D eigenvalue weighted by Gasteiger charge is -2.28. The molecule has 1 aromatic rings. The third-order valence-corrected chi connectivity index (χ3v) is 4.64. The Kier molecular flexibility index (Phi) is 6.19. The minimum Gasteiger partial charge on any atom is -0.206 e. The number of hydrogen-bond acceptors (Lipinski definition) is 0. The van der Waals surface area contributed by atoms with Crippen molar-refractivity contribution in [2.45, 2.75) is 50.6 Å². The quantitative estimate of drug-likeness (QED) is 0.408. The van der Waals surface area contributed by atoms with Crippen LogP contribution in [0.15, 0.2) is 30.9 Å². The summed E-state index contributed by atoms with van der Waals surface area (Å²) in [7, 11) is 0. The van der Waals surface area contributed by atoms with Gasteiger partial charge in [-0.2, -0.15) is 13.2 Å². The zero-order valence-electron chi connectivity index (χ0n) is 13.4. The van der Waals surface area contributed by atoms with Crippen LogP contribution < -0.4 is 0 Å². The van der Waals surface area contributed by atoms with E-state index in [4.69, 9.17) is 0 Å². The summed E-state index contributed by atoms with van der Waals surface area (Å²) in [5, 5.41) is 0. The van der Waals surface area contributed by atoms with Crippen molar-refractivity contribution < 1.29 is 22.0 Å². The van der Waals surface area contributed by atoms with E-state index in [9.17, 15) is 22.0 Å². The highest BCUT2D eigenvalue weighted by molar-refractivity contribution is 5.52. The van der Waals surface area contributed by atoms with Crippen LogP contribution in [-0.4, -0.2) is 6.18 Å². The van der Waals surface area contributed by atoms with Crippen molar-refractivity contribution in [3.63, 3.8) is 0 Å². The molecule has 0 N–H and O–H groups in total. The zero-order chi connectivity index (χ0) is 17.7. The minimum atomic E-state index is -4.60. The van der Waals surface area contributed by atoms with E-state index in [2.05, 4.69) is 6.58 Å². The molecule has 1 aromatic carbocycles. The van der Waals surface area contributed by atoms with Gasteiger partial charge in [0.1, 0.15) is 11.6 Å². The number of hydrogen-bond donors (Lipinski definition) is 0. The van der Waals surface area contributed by atoms with Gasteiger partial charge in [0.15, 0.2) is 0 Å². The van der Waals surface area contributed by atoms with Crippen molar-refractivity contribution in [3.05, 3.63) is 53.6 Å². The van der Waals surface area contributed by atoms with Gasteiger partial charge in [-0.05, 0) is 74.1 Å². The normalized spacial score (nSPS) is 22.0. The van der Waals surface area contributed by atoms with Gasteiger partial charge < -0.3 is 0 Å². The fourth-order valence-electron chi connectivity index (χ4n) is 3.31. The fourth-order valence-corrected chi connectivity index (χ4v) is 3.31. The van der Waals surface area contributed by atoms with Gasteiger partial charge in [0.25, 0.3) is 0 Å². The van der Waals surface area contributed by atoms with Gasteiger partial charge in [0.05, 0.1) is 0 Å².